The quantitative estimate of drug-likeness (QED) is 0.622. The predicted octanol–water partition coefficient (Wildman–Crippen LogP) is 2.54. The van der Waals surface area contributed by atoms with Crippen LogP contribution in [0.15, 0.2) is 36.9 Å². The largest absolute Gasteiger partial charge is 0.368 e. The lowest BCUT2D eigenvalue weighted by Crippen LogP contribution is -2.52. The molecule has 0 aliphatic carbocycles. The van der Waals surface area contributed by atoms with Crippen molar-refractivity contribution in [2.24, 2.45) is 5.92 Å². The molecule has 1 aromatic rings. The minimum Gasteiger partial charge on any atom is -0.368 e. The van der Waals surface area contributed by atoms with E-state index in [9.17, 15) is 14.4 Å². The highest BCUT2D eigenvalue weighted by Crippen LogP contribution is 2.20. The van der Waals surface area contributed by atoms with Crippen LogP contribution in [0.3, 0.4) is 0 Å². The van der Waals surface area contributed by atoms with Gasteiger partial charge in [0.25, 0.3) is 0 Å². The summed E-state index contributed by atoms with van der Waals surface area (Å²) in [5.74, 6) is -0.496. The molecule has 0 saturated carbocycles. The van der Waals surface area contributed by atoms with Crippen LogP contribution < -0.4 is 15.5 Å². The monoisotopic (exact) mass is 429 g/mol. The Balaban J connectivity index is 1.88. The third-order valence-electron chi connectivity index (χ3n) is 4.98. The fraction of sp³-hybridized carbons (Fsp3) is 0.522. The first kappa shape index (κ1) is 24.2. The number of nitrogens with one attached hydrogen (secondary N) is 2. The van der Waals surface area contributed by atoms with Gasteiger partial charge in [-0.2, -0.15) is 0 Å². The fourth-order valence-corrected chi connectivity index (χ4v) is 3.39. The number of rotatable bonds is 8. The van der Waals surface area contributed by atoms with Gasteiger partial charge in [0, 0.05) is 56.1 Å². The van der Waals surface area contributed by atoms with Gasteiger partial charge in [-0.1, -0.05) is 19.9 Å². The molecule has 0 unspecified atom stereocenters. The molecule has 2 rings (SSSR count). The lowest BCUT2D eigenvalue weighted by Gasteiger charge is -2.36. The van der Waals surface area contributed by atoms with Crippen molar-refractivity contribution in [3.63, 3.8) is 0 Å². The Hall–Kier alpha value is -3.03. The first-order valence-electron chi connectivity index (χ1n) is 10.8. The van der Waals surface area contributed by atoms with Crippen LogP contribution in [-0.2, 0) is 9.59 Å². The SMILES string of the molecule is C=CCN(CC(=O)Nc1ccc(N2CCN(C(=O)NC(C)C)CC2)cc1)C(=O)C(C)C. The number of anilines is 2. The van der Waals surface area contributed by atoms with Gasteiger partial charge in [-0.25, -0.2) is 4.79 Å². The van der Waals surface area contributed by atoms with Crippen LogP contribution in [-0.4, -0.2) is 73.0 Å². The maximum Gasteiger partial charge on any atom is 0.317 e. The first-order valence-corrected chi connectivity index (χ1v) is 10.8. The Morgan fingerprint density at radius 2 is 1.68 bits per heavy atom. The lowest BCUT2D eigenvalue weighted by molar-refractivity contribution is -0.136. The molecule has 31 heavy (non-hydrogen) atoms. The number of benzene rings is 1. The average Bonchev–Trinajstić information content (AvgIpc) is 2.73. The van der Waals surface area contributed by atoms with E-state index in [1.807, 2.05) is 56.9 Å². The Morgan fingerprint density at radius 1 is 1.06 bits per heavy atom. The topological polar surface area (TPSA) is 85.0 Å². The van der Waals surface area contributed by atoms with E-state index in [-0.39, 0.29) is 36.3 Å². The molecule has 0 radical (unpaired) electrons. The van der Waals surface area contributed by atoms with E-state index in [1.165, 1.54) is 4.90 Å². The lowest BCUT2D eigenvalue weighted by atomic mass is 10.2. The molecule has 1 heterocycles. The van der Waals surface area contributed by atoms with Gasteiger partial charge in [0.1, 0.15) is 6.54 Å². The van der Waals surface area contributed by atoms with Gasteiger partial charge in [-0.15, -0.1) is 6.58 Å². The smallest absolute Gasteiger partial charge is 0.317 e. The van der Waals surface area contributed by atoms with Crippen molar-refractivity contribution in [1.29, 1.82) is 0 Å². The second-order valence-electron chi connectivity index (χ2n) is 8.34. The van der Waals surface area contributed by atoms with E-state index in [2.05, 4.69) is 22.1 Å². The van der Waals surface area contributed by atoms with Gasteiger partial charge < -0.3 is 25.3 Å². The highest BCUT2D eigenvalue weighted by Gasteiger charge is 2.22. The molecule has 1 saturated heterocycles. The van der Waals surface area contributed by atoms with E-state index in [0.717, 1.165) is 18.8 Å². The van der Waals surface area contributed by atoms with Crippen LogP contribution >= 0.6 is 0 Å². The Kier molecular flexibility index (Phi) is 8.90. The van der Waals surface area contributed by atoms with E-state index in [1.54, 1.807) is 6.08 Å². The van der Waals surface area contributed by atoms with Crippen molar-refractivity contribution in [2.75, 3.05) is 49.5 Å². The van der Waals surface area contributed by atoms with Crippen LogP contribution in [0.1, 0.15) is 27.7 Å². The molecular weight excluding hydrogens is 394 g/mol. The zero-order valence-electron chi connectivity index (χ0n) is 19.1. The Morgan fingerprint density at radius 3 is 2.19 bits per heavy atom. The number of nitrogens with zero attached hydrogens (tertiary/aromatic N) is 3. The van der Waals surface area contributed by atoms with Gasteiger partial charge in [-0.3, -0.25) is 9.59 Å². The molecule has 8 heteroatoms. The maximum atomic E-state index is 12.4. The van der Waals surface area contributed by atoms with Crippen LogP contribution in [0.4, 0.5) is 16.2 Å². The summed E-state index contributed by atoms with van der Waals surface area (Å²) in [6, 6.07) is 7.73. The molecule has 0 aromatic heterocycles. The second-order valence-corrected chi connectivity index (χ2v) is 8.34. The van der Waals surface area contributed by atoms with Crippen molar-refractivity contribution in [3.8, 4) is 0 Å². The van der Waals surface area contributed by atoms with Crippen LogP contribution in [0.2, 0.25) is 0 Å². The minimum atomic E-state index is -0.242. The Labute approximate surface area is 185 Å². The van der Waals surface area contributed by atoms with Gasteiger partial charge >= 0.3 is 6.03 Å². The number of carbonyl (C=O) groups excluding carboxylic acids is 3. The van der Waals surface area contributed by atoms with Crippen molar-refractivity contribution >= 4 is 29.2 Å². The number of amides is 4. The summed E-state index contributed by atoms with van der Waals surface area (Å²) in [6.45, 7) is 14.4. The zero-order chi connectivity index (χ0) is 23.0. The molecule has 0 bridgehead atoms. The summed E-state index contributed by atoms with van der Waals surface area (Å²) in [6.07, 6.45) is 1.62. The number of carbonyl (C=O) groups is 3. The highest BCUT2D eigenvalue weighted by atomic mass is 16.2. The number of hydrogen-bond donors (Lipinski definition) is 2. The summed E-state index contributed by atoms with van der Waals surface area (Å²) < 4.78 is 0. The highest BCUT2D eigenvalue weighted by molar-refractivity contribution is 5.95. The van der Waals surface area contributed by atoms with Crippen LogP contribution in [0.5, 0.6) is 0 Å². The van der Waals surface area contributed by atoms with E-state index >= 15 is 0 Å². The first-order chi connectivity index (χ1) is 14.7. The van der Waals surface area contributed by atoms with E-state index in [4.69, 9.17) is 0 Å². The molecule has 2 N–H and O–H groups in total. The van der Waals surface area contributed by atoms with E-state index < -0.39 is 0 Å². The third kappa shape index (κ3) is 7.31. The molecule has 1 aromatic carbocycles. The molecule has 1 fully saturated rings. The fourth-order valence-electron chi connectivity index (χ4n) is 3.39. The van der Waals surface area contributed by atoms with Gasteiger partial charge in [-0.05, 0) is 38.1 Å². The summed E-state index contributed by atoms with van der Waals surface area (Å²) >= 11 is 0. The maximum absolute atomic E-state index is 12.4. The van der Waals surface area contributed by atoms with Crippen molar-refractivity contribution < 1.29 is 14.4 Å². The third-order valence-corrected chi connectivity index (χ3v) is 4.98. The molecular formula is C23H35N5O3. The number of hydrogen-bond acceptors (Lipinski definition) is 4. The van der Waals surface area contributed by atoms with Crippen molar-refractivity contribution in [3.05, 3.63) is 36.9 Å². The molecule has 170 valence electrons. The minimum absolute atomic E-state index is 0.00874. The summed E-state index contributed by atoms with van der Waals surface area (Å²) in [4.78, 5) is 42.3. The Bertz CT molecular complexity index is 768. The van der Waals surface area contributed by atoms with Crippen LogP contribution in [0.25, 0.3) is 0 Å². The molecule has 8 nitrogen and oxygen atoms in total. The van der Waals surface area contributed by atoms with E-state index in [0.29, 0.717) is 25.3 Å². The molecule has 0 spiro atoms. The molecule has 1 aliphatic heterocycles. The zero-order valence-corrected chi connectivity index (χ0v) is 19.1. The number of urea groups is 1. The average molecular weight is 430 g/mol. The van der Waals surface area contributed by atoms with Gasteiger partial charge in [0.05, 0.1) is 0 Å². The molecule has 4 amide bonds. The van der Waals surface area contributed by atoms with Gasteiger partial charge in [0.2, 0.25) is 11.8 Å². The summed E-state index contributed by atoms with van der Waals surface area (Å²) in [5.41, 5.74) is 1.73. The van der Waals surface area contributed by atoms with Gasteiger partial charge in [0.15, 0.2) is 0 Å². The molecule has 1 aliphatic rings. The van der Waals surface area contributed by atoms with Crippen LogP contribution in [0, 0.1) is 5.92 Å². The number of piperazine rings is 1. The molecule has 0 atom stereocenters. The summed E-state index contributed by atoms with van der Waals surface area (Å²) in [7, 11) is 0. The second kappa shape index (κ2) is 11.4. The standard InChI is InChI=1S/C23H35N5O3/c1-6-11-28(22(30)17(2)3)16-21(29)25-19-7-9-20(10-8-19)26-12-14-27(15-13-26)23(31)24-18(4)5/h6-10,17-18H,1,11-16H2,2-5H3,(H,24,31)(H,25,29). The summed E-state index contributed by atoms with van der Waals surface area (Å²) in [5, 5.41) is 5.77. The van der Waals surface area contributed by atoms with Crippen molar-refractivity contribution in [1.82, 2.24) is 15.1 Å². The predicted molar refractivity (Wildman–Crippen MR) is 124 cm³/mol. The van der Waals surface area contributed by atoms with Crippen molar-refractivity contribution in [2.45, 2.75) is 33.7 Å². The normalized spacial score (nSPS) is 13.9.